The lowest BCUT2D eigenvalue weighted by Gasteiger charge is -2.51. The van der Waals surface area contributed by atoms with Crippen LogP contribution in [0.4, 0.5) is 0 Å². The Kier molecular flexibility index (Phi) is 3.70. The SMILES string of the molecule is COC1CC(NCc2cccc(C#N)c2)C1(C)C. The highest BCUT2D eigenvalue weighted by Gasteiger charge is 2.48. The van der Waals surface area contributed by atoms with Crippen LogP contribution in [0.5, 0.6) is 0 Å². The molecule has 0 heterocycles. The van der Waals surface area contributed by atoms with Crippen molar-refractivity contribution in [2.45, 2.75) is 39.0 Å². The summed E-state index contributed by atoms with van der Waals surface area (Å²) in [6, 6.07) is 10.4. The van der Waals surface area contributed by atoms with Crippen molar-refractivity contribution in [1.82, 2.24) is 5.32 Å². The summed E-state index contributed by atoms with van der Waals surface area (Å²) >= 11 is 0. The molecule has 0 radical (unpaired) electrons. The molecule has 1 saturated carbocycles. The molecule has 1 fully saturated rings. The molecule has 0 bridgehead atoms. The van der Waals surface area contributed by atoms with Crippen LogP contribution in [0.25, 0.3) is 0 Å². The van der Waals surface area contributed by atoms with Crippen LogP contribution in [0.1, 0.15) is 31.4 Å². The van der Waals surface area contributed by atoms with E-state index in [1.165, 1.54) is 0 Å². The maximum Gasteiger partial charge on any atom is 0.0991 e. The number of nitrogens with one attached hydrogen (secondary N) is 1. The van der Waals surface area contributed by atoms with Gasteiger partial charge in [0.1, 0.15) is 0 Å². The van der Waals surface area contributed by atoms with E-state index in [-0.39, 0.29) is 5.41 Å². The first-order chi connectivity index (χ1) is 8.57. The molecule has 0 aromatic heterocycles. The minimum Gasteiger partial charge on any atom is -0.381 e. The van der Waals surface area contributed by atoms with Crippen molar-refractivity contribution in [1.29, 1.82) is 5.26 Å². The smallest absolute Gasteiger partial charge is 0.0991 e. The highest BCUT2D eigenvalue weighted by molar-refractivity contribution is 5.32. The van der Waals surface area contributed by atoms with E-state index in [0.29, 0.717) is 12.1 Å². The van der Waals surface area contributed by atoms with Crippen molar-refractivity contribution < 1.29 is 4.74 Å². The third-order valence-corrected chi connectivity index (χ3v) is 4.07. The molecule has 1 aliphatic carbocycles. The molecule has 1 N–H and O–H groups in total. The molecule has 2 unspecified atom stereocenters. The average molecular weight is 244 g/mol. The number of methoxy groups -OCH3 is 1. The monoisotopic (exact) mass is 244 g/mol. The van der Waals surface area contributed by atoms with Crippen molar-refractivity contribution in [3.63, 3.8) is 0 Å². The van der Waals surface area contributed by atoms with Gasteiger partial charge in [-0.05, 0) is 24.1 Å². The summed E-state index contributed by atoms with van der Waals surface area (Å²) in [6.07, 6.45) is 1.40. The summed E-state index contributed by atoms with van der Waals surface area (Å²) in [6.45, 7) is 5.27. The fourth-order valence-electron chi connectivity index (χ4n) is 2.62. The zero-order chi connectivity index (χ0) is 13.2. The first-order valence-corrected chi connectivity index (χ1v) is 6.33. The molecule has 96 valence electrons. The summed E-state index contributed by atoms with van der Waals surface area (Å²) in [5.41, 5.74) is 2.06. The van der Waals surface area contributed by atoms with E-state index in [1.54, 1.807) is 7.11 Å². The molecule has 2 atom stereocenters. The van der Waals surface area contributed by atoms with E-state index in [9.17, 15) is 0 Å². The molecule has 0 amide bonds. The number of nitriles is 1. The van der Waals surface area contributed by atoms with Crippen molar-refractivity contribution >= 4 is 0 Å². The Morgan fingerprint density at radius 1 is 1.50 bits per heavy atom. The lowest BCUT2D eigenvalue weighted by molar-refractivity contribution is -0.0979. The van der Waals surface area contributed by atoms with Crippen molar-refractivity contribution in [3.05, 3.63) is 35.4 Å². The predicted octanol–water partition coefficient (Wildman–Crippen LogP) is 2.46. The van der Waals surface area contributed by atoms with E-state index in [0.717, 1.165) is 24.1 Å². The molecular weight excluding hydrogens is 224 g/mol. The predicted molar refractivity (Wildman–Crippen MR) is 71.0 cm³/mol. The summed E-state index contributed by atoms with van der Waals surface area (Å²) in [4.78, 5) is 0. The van der Waals surface area contributed by atoms with Gasteiger partial charge >= 0.3 is 0 Å². The lowest BCUT2D eigenvalue weighted by Crippen LogP contribution is -2.60. The fraction of sp³-hybridized carbons (Fsp3) is 0.533. The molecule has 1 aromatic rings. The highest BCUT2D eigenvalue weighted by Crippen LogP contribution is 2.42. The maximum atomic E-state index is 8.86. The normalized spacial score (nSPS) is 25.2. The van der Waals surface area contributed by atoms with Crippen LogP contribution in [0.15, 0.2) is 24.3 Å². The van der Waals surface area contributed by atoms with Gasteiger partial charge in [-0.15, -0.1) is 0 Å². The van der Waals surface area contributed by atoms with Gasteiger partial charge in [-0.1, -0.05) is 26.0 Å². The van der Waals surface area contributed by atoms with Gasteiger partial charge in [0.15, 0.2) is 0 Å². The molecular formula is C15H20N2O. The van der Waals surface area contributed by atoms with Crippen LogP contribution >= 0.6 is 0 Å². The number of rotatable bonds is 4. The first kappa shape index (κ1) is 13.1. The van der Waals surface area contributed by atoms with Crippen LogP contribution < -0.4 is 5.32 Å². The summed E-state index contributed by atoms with van der Waals surface area (Å²) in [5, 5.41) is 12.4. The van der Waals surface area contributed by atoms with Crippen LogP contribution in [0.2, 0.25) is 0 Å². The number of hydrogen-bond acceptors (Lipinski definition) is 3. The van der Waals surface area contributed by atoms with Gasteiger partial charge in [-0.25, -0.2) is 0 Å². The van der Waals surface area contributed by atoms with Crippen LogP contribution in [-0.4, -0.2) is 19.3 Å². The van der Waals surface area contributed by atoms with Gasteiger partial charge in [0.05, 0.1) is 17.7 Å². The van der Waals surface area contributed by atoms with Gasteiger partial charge in [0, 0.05) is 25.1 Å². The maximum absolute atomic E-state index is 8.86. The fourth-order valence-corrected chi connectivity index (χ4v) is 2.62. The number of benzene rings is 1. The third kappa shape index (κ3) is 2.40. The van der Waals surface area contributed by atoms with Crippen LogP contribution in [0.3, 0.4) is 0 Å². The van der Waals surface area contributed by atoms with Crippen molar-refractivity contribution in [2.75, 3.05) is 7.11 Å². The Hall–Kier alpha value is -1.37. The molecule has 2 rings (SSSR count). The largest absolute Gasteiger partial charge is 0.381 e. The number of ether oxygens (including phenoxy) is 1. The molecule has 0 aliphatic heterocycles. The van der Waals surface area contributed by atoms with Gasteiger partial charge < -0.3 is 10.1 Å². The van der Waals surface area contributed by atoms with Crippen molar-refractivity contribution in [3.8, 4) is 6.07 Å². The van der Waals surface area contributed by atoms with Gasteiger partial charge in [0.25, 0.3) is 0 Å². The number of hydrogen-bond donors (Lipinski definition) is 1. The molecule has 1 aliphatic rings. The standard InChI is InChI=1S/C15H20N2O/c1-15(2)13(8-14(15)18-3)17-10-12-6-4-5-11(7-12)9-16/h4-7,13-14,17H,8,10H2,1-3H3. The van der Waals surface area contributed by atoms with E-state index < -0.39 is 0 Å². The molecule has 3 nitrogen and oxygen atoms in total. The lowest BCUT2D eigenvalue weighted by atomic mass is 9.64. The molecule has 1 aromatic carbocycles. The summed E-state index contributed by atoms with van der Waals surface area (Å²) in [7, 11) is 1.78. The second-order valence-corrected chi connectivity index (χ2v) is 5.53. The Labute approximate surface area is 109 Å². The van der Waals surface area contributed by atoms with E-state index in [4.69, 9.17) is 10.00 Å². The molecule has 0 saturated heterocycles. The second-order valence-electron chi connectivity index (χ2n) is 5.53. The van der Waals surface area contributed by atoms with Gasteiger partial charge in [0.2, 0.25) is 0 Å². The molecule has 3 heteroatoms. The van der Waals surface area contributed by atoms with Gasteiger partial charge in [-0.2, -0.15) is 5.26 Å². The number of nitrogens with zero attached hydrogens (tertiary/aromatic N) is 1. The minimum atomic E-state index is 0.182. The van der Waals surface area contributed by atoms with Crippen LogP contribution in [0, 0.1) is 16.7 Å². The zero-order valence-electron chi connectivity index (χ0n) is 11.2. The minimum absolute atomic E-state index is 0.182. The average Bonchev–Trinajstić information content (AvgIpc) is 2.38. The summed E-state index contributed by atoms with van der Waals surface area (Å²) in [5.74, 6) is 0. The molecule has 0 spiro atoms. The summed E-state index contributed by atoms with van der Waals surface area (Å²) < 4.78 is 5.44. The van der Waals surface area contributed by atoms with Crippen LogP contribution in [-0.2, 0) is 11.3 Å². The molecule has 18 heavy (non-hydrogen) atoms. The Morgan fingerprint density at radius 2 is 2.28 bits per heavy atom. The van der Waals surface area contributed by atoms with E-state index >= 15 is 0 Å². The Morgan fingerprint density at radius 3 is 2.89 bits per heavy atom. The van der Waals surface area contributed by atoms with E-state index in [1.807, 2.05) is 24.3 Å². The van der Waals surface area contributed by atoms with E-state index in [2.05, 4.69) is 25.2 Å². The topological polar surface area (TPSA) is 45.0 Å². The zero-order valence-corrected chi connectivity index (χ0v) is 11.2. The third-order valence-electron chi connectivity index (χ3n) is 4.07. The Balaban J connectivity index is 1.91. The highest BCUT2D eigenvalue weighted by atomic mass is 16.5. The quantitative estimate of drug-likeness (QED) is 0.885. The Bertz CT molecular complexity index is 462. The van der Waals surface area contributed by atoms with Crippen molar-refractivity contribution in [2.24, 2.45) is 5.41 Å². The second kappa shape index (κ2) is 5.09. The first-order valence-electron chi connectivity index (χ1n) is 6.33. The van der Waals surface area contributed by atoms with Gasteiger partial charge in [-0.3, -0.25) is 0 Å².